The number of rotatable bonds is 6. The molecule has 0 aromatic heterocycles. The highest BCUT2D eigenvalue weighted by Gasteiger charge is 2.27. The standard InChI is InChI=1S/C14H18F4N2/c1-20(7-6-14(16,17)18)13-5-2-11(15)8-10(13)9-19-12-3-4-12/h2,5,8,12,19H,3-4,6-7,9H2,1H3. The van der Waals surface area contributed by atoms with Gasteiger partial charge in [-0.25, -0.2) is 4.39 Å². The van der Waals surface area contributed by atoms with Gasteiger partial charge in [0.2, 0.25) is 0 Å². The van der Waals surface area contributed by atoms with Crippen molar-refractivity contribution >= 4 is 5.69 Å². The second-order valence-electron chi connectivity index (χ2n) is 5.21. The van der Waals surface area contributed by atoms with Crippen LogP contribution in [0.3, 0.4) is 0 Å². The largest absolute Gasteiger partial charge is 0.390 e. The summed E-state index contributed by atoms with van der Waals surface area (Å²) in [5.41, 5.74) is 1.34. The quantitative estimate of drug-likeness (QED) is 0.807. The number of halogens is 4. The summed E-state index contributed by atoms with van der Waals surface area (Å²) in [7, 11) is 1.60. The zero-order valence-corrected chi connectivity index (χ0v) is 11.3. The fourth-order valence-electron chi connectivity index (χ4n) is 2.02. The van der Waals surface area contributed by atoms with Crippen molar-refractivity contribution in [3.05, 3.63) is 29.6 Å². The molecule has 0 radical (unpaired) electrons. The molecule has 0 unspecified atom stereocenters. The highest BCUT2D eigenvalue weighted by Crippen LogP contribution is 2.26. The maximum absolute atomic E-state index is 13.3. The van der Waals surface area contributed by atoms with Crippen LogP contribution in [0.15, 0.2) is 18.2 Å². The molecule has 1 aromatic rings. The van der Waals surface area contributed by atoms with E-state index in [4.69, 9.17) is 0 Å². The Kier molecular flexibility index (Phi) is 4.52. The van der Waals surface area contributed by atoms with Crippen LogP contribution in [-0.2, 0) is 6.54 Å². The van der Waals surface area contributed by atoms with Crippen molar-refractivity contribution < 1.29 is 17.6 Å². The zero-order valence-electron chi connectivity index (χ0n) is 11.3. The van der Waals surface area contributed by atoms with Crippen LogP contribution < -0.4 is 10.2 Å². The van der Waals surface area contributed by atoms with Gasteiger partial charge >= 0.3 is 6.18 Å². The third-order valence-electron chi connectivity index (χ3n) is 3.34. The van der Waals surface area contributed by atoms with Gasteiger partial charge in [0.15, 0.2) is 0 Å². The van der Waals surface area contributed by atoms with Crippen molar-refractivity contribution in [3.8, 4) is 0 Å². The monoisotopic (exact) mass is 290 g/mol. The first-order valence-electron chi connectivity index (χ1n) is 6.65. The third kappa shape index (κ3) is 4.67. The molecule has 0 spiro atoms. The lowest BCUT2D eigenvalue weighted by molar-refractivity contribution is -0.132. The van der Waals surface area contributed by atoms with E-state index in [9.17, 15) is 17.6 Å². The van der Waals surface area contributed by atoms with E-state index < -0.39 is 12.6 Å². The first-order chi connectivity index (χ1) is 9.35. The van der Waals surface area contributed by atoms with E-state index in [0.717, 1.165) is 12.8 Å². The predicted molar refractivity (Wildman–Crippen MR) is 70.2 cm³/mol. The lowest BCUT2D eigenvalue weighted by Crippen LogP contribution is -2.26. The van der Waals surface area contributed by atoms with Gasteiger partial charge in [0.25, 0.3) is 0 Å². The van der Waals surface area contributed by atoms with Crippen molar-refractivity contribution in [1.82, 2.24) is 5.32 Å². The van der Waals surface area contributed by atoms with E-state index in [1.807, 2.05) is 0 Å². The van der Waals surface area contributed by atoms with Gasteiger partial charge in [0, 0.05) is 31.9 Å². The van der Waals surface area contributed by atoms with Crippen LogP contribution in [0.25, 0.3) is 0 Å². The van der Waals surface area contributed by atoms with Gasteiger partial charge in [-0.2, -0.15) is 13.2 Å². The molecule has 1 N–H and O–H groups in total. The number of anilines is 1. The Morgan fingerprint density at radius 1 is 1.30 bits per heavy atom. The molecule has 2 nitrogen and oxygen atoms in total. The molecule has 0 atom stereocenters. The van der Waals surface area contributed by atoms with Gasteiger partial charge in [0.05, 0.1) is 6.42 Å². The first-order valence-corrected chi connectivity index (χ1v) is 6.65. The third-order valence-corrected chi connectivity index (χ3v) is 3.34. The molecule has 1 aromatic carbocycles. The highest BCUT2D eigenvalue weighted by atomic mass is 19.4. The van der Waals surface area contributed by atoms with Crippen LogP contribution in [0.1, 0.15) is 24.8 Å². The summed E-state index contributed by atoms with van der Waals surface area (Å²) in [6.45, 7) is 0.347. The predicted octanol–water partition coefficient (Wildman–Crippen LogP) is 3.47. The molecule has 1 aliphatic carbocycles. The topological polar surface area (TPSA) is 15.3 Å². The Hall–Kier alpha value is -1.30. The Bertz CT molecular complexity index is 455. The molecule has 20 heavy (non-hydrogen) atoms. The molecule has 0 bridgehead atoms. The summed E-state index contributed by atoms with van der Waals surface area (Å²) in [5.74, 6) is -0.370. The number of hydrogen-bond donors (Lipinski definition) is 1. The average molecular weight is 290 g/mol. The summed E-state index contributed by atoms with van der Waals surface area (Å²) in [6, 6.07) is 4.66. The van der Waals surface area contributed by atoms with Crippen LogP contribution in [0.2, 0.25) is 0 Å². The molecule has 0 aliphatic heterocycles. The number of benzene rings is 1. The van der Waals surface area contributed by atoms with Gasteiger partial charge in [-0.1, -0.05) is 0 Å². The van der Waals surface area contributed by atoms with Crippen molar-refractivity contribution in [1.29, 1.82) is 0 Å². The molecule has 0 saturated heterocycles. The lowest BCUT2D eigenvalue weighted by Gasteiger charge is -2.23. The van der Waals surface area contributed by atoms with Gasteiger partial charge in [-0.15, -0.1) is 0 Å². The van der Waals surface area contributed by atoms with Gasteiger partial charge in [0.1, 0.15) is 5.82 Å². The number of hydrogen-bond acceptors (Lipinski definition) is 2. The fourth-order valence-corrected chi connectivity index (χ4v) is 2.02. The summed E-state index contributed by atoms with van der Waals surface area (Å²) >= 11 is 0. The molecule has 1 aliphatic rings. The normalized spacial score (nSPS) is 15.4. The zero-order chi connectivity index (χ0) is 14.8. The summed E-state index contributed by atoms with van der Waals surface area (Å²) in [6.07, 6.45) is -2.85. The molecule has 0 heterocycles. The van der Waals surface area contributed by atoms with Gasteiger partial charge in [-0.3, -0.25) is 0 Å². The van der Waals surface area contributed by atoms with Crippen molar-refractivity contribution in [2.24, 2.45) is 0 Å². The van der Waals surface area contributed by atoms with Crippen molar-refractivity contribution in [2.45, 2.75) is 38.0 Å². The molecule has 1 saturated carbocycles. The smallest absolute Gasteiger partial charge is 0.374 e. The maximum Gasteiger partial charge on any atom is 0.390 e. The Balaban J connectivity index is 2.03. The Labute approximate surface area is 115 Å². The summed E-state index contributed by atoms with van der Waals surface area (Å²) in [5, 5.41) is 3.25. The van der Waals surface area contributed by atoms with Crippen LogP contribution in [-0.4, -0.2) is 25.8 Å². The first kappa shape index (κ1) is 15.1. The maximum atomic E-state index is 13.3. The molecule has 112 valence electrons. The van der Waals surface area contributed by atoms with Crippen LogP contribution in [0, 0.1) is 5.82 Å². The van der Waals surface area contributed by atoms with Crippen LogP contribution in [0.5, 0.6) is 0 Å². The van der Waals surface area contributed by atoms with E-state index in [1.165, 1.54) is 23.1 Å². The second kappa shape index (κ2) is 5.99. The Morgan fingerprint density at radius 3 is 2.60 bits per heavy atom. The van der Waals surface area contributed by atoms with E-state index in [1.54, 1.807) is 7.05 Å². The molecular weight excluding hydrogens is 272 g/mol. The summed E-state index contributed by atoms with van der Waals surface area (Å²) in [4.78, 5) is 1.52. The Morgan fingerprint density at radius 2 is 2.00 bits per heavy atom. The van der Waals surface area contributed by atoms with E-state index in [2.05, 4.69) is 5.32 Å². The summed E-state index contributed by atoms with van der Waals surface area (Å²) < 4.78 is 50.1. The minimum Gasteiger partial charge on any atom is -0.374 e. The number of nitrogens with one attached hydrogen (secondary N) is 1. The molecule has 6 heteroatoms. The molecular formula is C14H18F4N2. The molecule has 0 amide bonds. The van der Waals surface area contributed by atoms with Gasteiger partial charge in [-0.05, 0) is 36.6 Å². The highest BCUT2D eigenvalue weighted by molar-refractivity contribution is 5.53. The van der Waals surface area contributed by atoms with Crippen LogP contribution in [0.4, 0.5) is 23.2 Å². The molecule has 1 fully saturated rings. The van der Waals surface area contributed by atoms with E-state index in [0.29, 0.717) is 23.8 Å². The second-order valence-corrected chi connectivity index (χ2v) is 5.21. The minimum absolute atomic E-state index is 0.133. The lowest BCUT2D eigenvalue weighted by atomic mass is 10.1. The number of alkyl halides is 3. The average Bonchev–Trinajstić information content (AvgIpc) is 3.16. The van der Waals surface area contributed by atoms with Crippen molar-refractivity contribution in [3.63, 3.8) is 0 Å². The van der Waals surface area contributed by atoms with Crippen molar-refractivity contribution in [2.75, 3.05) is 18.5 Å². The fraction of sp³-hybridized carbons (Fsp3) is 0.571. The van der Waals surface area contributed by atoms with E-state index in [-0.39, 0.29) is 12.4 Å². The SMILES string of the molecule is CN(CCC(F)(F)F)c1ccc(F)cc1CNC1CC1. The minimum atomic E-state index is -4.18. The van der Waals surface area contributed by atoms with Gasteiger partial charge < -0.3 is 10.2 Å². The number of nitrogens with zero attached hydrogens (tertiary/aromatic N) is 1. The van der Waals surface area contributed by atoms with E-state index >= 15 is 0 Å². The van der Waals surface area contributed by atoms with Crippen LogP contribution >= 0.6 is 0 Å². The molecule has 2 rings (SSSR count).